The second-order valence-corrected chi connectivity index (χ2v) is 5.17. The summed E-state index contributed by atoms with van der Waals surface area (Å²) in [5, 5.41) is 3.56. The first kappa shape index (κ1) is 13.8. The van der Waals surface area contributed by atoms with E-state index < -0.39 is 0 Å². The second-order valence-electron chi connectivity index (χ2n) is 5.17. The molecule has 0 spiro atoms. The van der Waals surface area contributed by atoms with Gasteiger partial charge in [0.05, 0.1) is 0 Å². The first-order chi connectivity index (χ1) is 9.24. The number of aryl methyl sites for hydroxylation is 2. The molecule has 19 heavy (non-hydrogen) atoms. The Balaban J connectivity index is 1.74. The van der Waals surface area contributed by atoms with Crippen LogP contribution < -0.4 is 5.32 Å². The van der Waals surface area contributed by atoms with Crippen LogP contribution in [0.1, 0.15) is 30.0 Å². The van der Waals surface area contributed by atoms with Crippen LogP contribution >= 0.6 is 0 Å². The first-order valence-electron chi connectivity index (χ1n) is 6.92. The van der Waals surface area contributed by atoms with Crippen LogP contribution in [0.25, 0.3) is 0 Å². The minimum Gasteiger partial charge on any atom is -0.310 e. The van der Waals surface area contributed by atoms with Crippen LogP contribution in [0.5, 0.6) is 0 Å². The molecule has 0 amide bonds. The summed E-state index contributed by atoms with van der Waals surface area (Å²) in [7, 11) is 0. The lowest BCUT2D eigenvalue weighted by atomic mass is 10.0. The van der Waals surface area contributed by atoms with Gasteiger partial charge in [-0.2, -0.15) is 0 Å². The zero-order valence-corrected chi connectivity index (χ0v) is 11.8. The van der Waals surface area contributed by atoms with E-state index in [1.54, 1.807) is 0 Å². The number of benzene rings is 1. The maximum absolute atomic E-state index is 4.03. The van der Waals surface area contributed by atoms with Gasteiger partial charge in [0.15, 0.2) is 0 Å². The molecule has 1 atom stereocenters. The zero-order valence-electron chi connectivity index (χ0n) is 11.8. The molecule has 0 aliphatic rings. The highest BCUT2D eigenvalue weighted by Gasteiger charge is 2.02. The van der Waals surface area contributed by atoms with Crippen molar-refractivity contribution in [1.82, 2.24) is 10.3 Å². The summed E-state index contributed by atoms with van der Waals surface area (Å²) in [6, 6.07) is 13.4. The smallest absolute Gasteiger partial charge is 0.0271 e. The Kier molecular flexibility index (Phi) is 5.10. The summed E-state index contributed by atoms with van der Waals surface area (Å²) in [4.78, 5) is 4.03. The average molecular weight is 254 g/mol. The second kappa shape index (κ2) is 7.05. The third-order valence-electron chi connectivity index (χ3n) is 3.35. The van der Waals surface area contributed by atoms with Gasteiger partial charge in [-0.25, -0.2) is 0 Å². The SMILES string of the molecule is Cc1cccc(CCC(C)NCc2ccncc2)c1. The van der Waals surface area contributed by atoms with Crippen molar-refractivity contribution in [2.75, 3.05) is 0 Å². The molecule has 2 heteroatoms. The zero-order chi connectivity index (χ0) is 13.5. The summed E-state index contributed by atoms with van der Waals surface area (Å²) in [5.74, 6) is 0. The normalized spacial score (nSPS) is 12.3. The van der Waals surface area contributed by atoms with Gasteiger partial charge in [0, 0.05) is 25.0 Å². The van der Waals surface area contributed by atoms with Crippen molar-refractivity contribution in [3.05, 3.63) is 65.5 Å². The van der Waals surface area contributed by atoms with E-state index in [1.807, 2.05) is 12.4 Å². The summed E-state index contributed by atoms with van der Waals surface area (Å²) in [6.07, 6.45) is 5.98. The van der Waals surface area contributed by atoms with E-state index in [4.69, 9.17) is 0 Å². The average Bonchev–Trinajstić information content (AvgIpc) is 2.44. The van der Waals surface area contributed by atoms with Gasteiger partial charge >= 0.3 is 0 Å². The largest absolute Gasteiger partial charge is 0.310 e. The monoisotopic (exact) mass is 254 g/mol. The molecule has 0 aliphatic carbocycles. The molecule has 0 fully saturated rings. The fourth-order valence-corrected chi connectivity index (χ4v) is 2.15. The Morgan fingerprint density at radius 1 is 1.11 bits per heavy atom. The molecule has 0 saturated carbocycles. The van der Waals surface area contributed by atoms with Gasteiger partial charge in [-0.1, -0.05) is 29.8 Å². The lowest BCUT2D eigenvalue weighted by Gasteiger charge is -2.14. The van der Waals surface area contributed by atoms with Crippen molar-refractivity contribution >= 4 is 0 Å². The minimum absolute atomic E-state index is 0.522. The van der Waals surface area contributed by atoms with Gasteiger partial charge in [0.25, 0.3) is 0 Å². The molecule has 1 heterocycles. The van der Waals surface area contributed by atoms with Crippen molar-refractivity contribution in [2.24, 2.45) is 0 Å². The van der Waals surface area contributed by atoms with Gasteiger partial charge in [-0.15, -0.1) is 0 Å². The van der Waals surface area contributed by atoms with Gasteiger partial charge < -0.3 is 5.32 Å². The topological polar surface area (TPSA) is 24.9 Å². The number of rotatable bonds is 6. The predicted octanol–water partition coefficient (Wildman–Crippen LogP) is 3.50. The van der Waals surface area contributed by atoms with E-state index in [0.717, 1.165) is 19.4 Å². The number of nitrogens with zero attached hydrogens (tertiary/aromatic N) is 1. The standard InChI is InChI=1S/C17H22N2/c1-14-4-3-5-16(12-14)7-6-15(2)19-13-17-8-10-18-11-9-17/h3-5,8-12,15,19H,6-7,13H2,1-2H3. The lowest BCUT2D eigenvalue weighted by Crippen LogP contribution is -2.25. The van der Waals surface area contributed by atoms with E-state index in [2.05, 4.69) is 60.5 Å². The Labute approximate surface area is 115 Å². The number of hydrogen-bond donors (Lipinski definition) is 1. The van der Waals surface area contributed by atoms with Gasteiger partial charge in [0.2, 0.25) is 0 Å². The maximum Gasteiger partial charge on any atom is 0.0271 e. The number of aromatic nitrogens is 1. The molecule has 0 radical (unpaired) electrons. The van der Waals surface area contributed by atoms with E-state index in [1.165, 1.54) is 16.7 Å². The lowest BCUT2D eigenvalue weighted by molar-refractivity contribution is 0.514. The highest BCUT2D eigenvalue weighted by atomic mass is 14.9. The third kappa shape index (κ3) is 4.84. The van der Waals surface area contributed by atoms with Crippen LogP contribution in [-0.4, -0.2) is 11.0 Å². The van der Waals surface area contributed by atoms with Gasteiger partial charge in [-0.3, -0.25) is 4.98 Å². The molecule has 2 rings (SSSR count). The Hall–Kier alpha value is -1.67. The van der Waals surface area contributed by atoms with Gasteiger partial charge in [0.1, 0.15) is 0 Å². The molecule has 0 bridgehead atoms. The summed E-state index contributed by atoms with van der Waals surface area (Å²) in [5.41, 5.74) is 4.06. The predicted molar refractivity (Wildman–Crippen MR) is 80.0 cm³/mol. The van der Waals surface area contributed by atoms with E-state index in [0.29, 0.717) is 6.04 Å². The molecule has 1 aromatic carbocycles. The van der Waals surface area contributed by atoms with Crippen molar-refractivity contribution in [1.29, 1.82) is 0 Å². The molecule has 2 nitrogen and oxygen atoms in total. The molecule has 1 unspecified atom stereocenters. The van der Waals surface area contributed by atoms with Crippen LogP contribution in [0.2, 0.25) is 0 Å². The van der Waals surface area contributed by atoms with Crippen LogP contribution in [0.4, 0.5) is 0 Å². The van der Waals surface area contributed by atoms with Crippen molar-refractivity contribution in [2.45, 2.75) is 39.3 Å². The van der Waals surface area contributed by atoms with Crippen LogP contribution in [0.15, 0.2) is 48.8 Å². The molecule has 1 N–H and O–H groups in total. The van der Waals surface area contributed by atoms with Crippen molar-refractivity contribution < 1.29 is 0 Å². The van der Waals surface area contributed by atoms with E-state index in [9.17, 15) is 0 Å². The fraction of sp³-hybridized carbons (Fsp3) is 0.353. The molecule has 0 aliphatic heterocycles. The van der Waals surface area contributed by atoms with E-state index in [-0.39, 0.29) is 0 Å². The van der Waals surface area contributed by atoms with E-state index >= 15 is 0 Å². The first-order valence-corrected chi connectivity index (χ1v) is 6.92. The third-order valence-corrected chi connectivity index (χ3v) is 3.35. The highest BCUT2D eigenvalue weighted by molar-refractivity contribution is 5.22. The van der Waals surface area contributed by atoms with Crippen molar-refractivity contribution in [3.8, 4) is 0 Å². The number of pyridine rings is 1. The Morgan fingerprint density at radius 3 is 2.63 bits per heavy atom. The Morgan fingerprint density at radius 2 is 1.89 bits per heavy atom. The summed E-state index contributed by atoms with van der Waals surface area (Å²) >= 11 is 0. The van der Waals surface area contributed by atoms with Crippen LogP contribution in [0.3, 0.4) is 0 Å². The highest BCUT2D eigenvalue weighted by Crippen LogP contribution is 2.08. The molecular formula is C17H22N2. The molecular weight excluding hydrogens is 232 g/mol. The quantitative estimate of drug-likeness (QED) is 0.853. The molecule has 100 valence electrons. The molecule has 1 aromatic heterocycles. The van der Waals surface area contributed by atoms with Gasteiger partial charge in [-0.05, 0) is 49.9 Å². The van der Waals surface area contributed by atoms with Crippen LogP contribution in [0, 0.1) is 6.92 Å². The summed E-state index contributed by atoms with van der Waals surface area (Å²) < 4.78 is 0. The molecule has 0 saturated heterocycles. The molecule has 2 aromatic rings. The maximum atomic E-state index is 4.03. The van der Waals surface area contributed by atoms with Crippen LogP contribution in [-0.2, 0) is 13.0 Å². The summed E-state index contributed by atoms with van der Waals surface area (Å²) in [6.45, 7) is 5.31. The number of hydrogen-bond acceptors (Lipinski definition) is 2. The minimum atomic E-state index is 0.522. The van der Waals surface area contributed by atoms with Crippen molar-refractivity contribution in [3.63, 3.8) is 0 Å². The fourth-order valence-electron chi connectivity index (χ4n) is 2.15. The Bertz CT molecular complexity index is 494. The number of nitrogens with one attached hydrogen (secondary N) is 1.